The normalized spacial score (nSPS) is 14.1. The zero-order chi connectivity index (χ0) is 19.3. The number of hydrogen-bond acceptors (Lipinski definition) is 6. The summed E-state index contributed by atoms with van der Waals surface area (Å²) in [4.78, 5) is 17.2. The minimum atomic E-state index is -0.176. The number of rotatable bonds is 6. The number of carbonyl (C=O) groups excluding carboxylic acids is 1. The number of thiophene rings is 1. The van der Waals surface area contributed by atoms with Gasteiger partial charge in [0, 0.05) is 23.6 Å². The SMILES string of the molecule is Cc1nc2c(cc(OCC(=O)Nc3c(C)cnn3CC3CC3)c3ccsc32)s1. The molecule has 5 rings (SSSR count). The van der Waals surface area contributed by atoms with E-state index < -0.39 is 0 Å². The van der Waals surface area contributed by atoms with Crippen molar-refractivity contribution in [1.29, 1.82) is 0 Å². The Bertz CT molecular complexity index is 1190. The molecule has 1 amide bonds. The van der Waals surface area contributed by atoms with E-state index in [0.29, 0.717) is 5.92 Å². The summed E-state index contributed by atoms with van der Waals surface area (Å²) in [5.74, 6) is 2.01. The third kappa shape index (κ3) is 3.27. The van der Waals surface area contributed by atoms with Crippen molar-refractivity contribution in [1.82, 2.24) is 14.8 Å². The van der Waals surface area contributed by atoms with Crippen molar-refractivity contribution >= 4 is 54.7 Å². The first kappa shape index (κ1) is 17.6. The second-order valence-corrected chi connectivity index (χ2v) is 9.41. The highest BCUT2D eigenvalue weighted by Gasteiger charge is 2.24. The summed E-state index contributed by atoms with van der Waals surface area (Å²) in [6.07, 6.45) is 4.28. The van der Waals surface area contributed by atoms with E-state index in [-0.39, 0.29) is 12.5 Å². The van der Waals surface area contributed by atoms with Crippen LogP contribution in [0.3, 0.4) is 0 Å². The number of nitrogens with one attached hydrogen (secondary N) is 1. The molecule has 0 radical (unpaired) electrons. The third-order valence-corrected chi connectivity index (χ3v) is 6.77. The van der Waals surface area contributed by atoms with Crippen molar-refractivity contribution in [2.24, 2.45) is 5.92 Å². The maximum atomic E-state index is 12.5. The van der Waals surface area contributed by atoms with Crippen LogP contribution in [-0.2, 0) is 11.3 Å². The number of fused-ring (bicyclic) bond motifs is 3. The molecular formula is C20H20N4O2S2. The predicted octanol–water partition coefficient (Wildman–Crippen LogP) is 4.75. The van der Waals surface area contributed by atoms with E-state index in [0.717, 1.165) is 49.0 Å². The number of aryl methyl sites for hydroxylation is 2. The van der Waals surface area contributed by atoms with Crippen LogP contribution in [0.25, 0.3) is 20.3 Å². The second-order valence-electron chi connectivity index (χ2n) is 7.26. The molecule has 28 heavy (non-hydrogen) atoms. The van der Waals surface area contributed by atoms with Crippen LogP contribution in [0.5, 0.6) is 5.75 Å². The largest absolute Gasteiger partial charge is 0.483 e. The molecular weight excluding hydrogens is 392 g/mol. The van der Waals surface area contributed by atoms with Gasteiger partial charge in [0.2, 0.25) is 0 Å². The molecule has 1 saturated carbocycles. The fraction of sp³-hybridized carbons (Fsp3) is 0.350. The van der Waals surface area contributed by atoms with Crippen LogP contribution in [0.1, 0.15) is 23.4 Å². The maximum absolute atomic E-state index is 12.5. The Labute approximate surface area is 170 Å². The standard InChI is InChI=1S/C20H20N4O2S2/c1-11-8-21-24(9-13-3-4-13)20(11)23-17(25)10-26-15-7-16-18(22-12(2)28-16)19-14(15)5-6-27-19/h5-8,13H,3-4,9-10H2,1-2H3,(H,23,25). The number of nitrogens with zero attached hydrogens (tertiary/aromatic N) is 3. The van der Waals surface area contributed by atoms with Gasteiger partial charge in [0.1, 0.15) is 11.6 Å². The summed E-state index contributed by atoms with van der Waals surface area (Å²) >= 11 is 3.29. The first-order valence-corrected chi connectivity index (χ1v) is 11.0. The number of ether oxygens (including phenoxy) is 1. The molecule has 0 unspecified atom stereocenters. The number of anilines is 1. The second kappa shape index (κ2) is 6.86. The van der Waals surface area contributed by atoms with Gasteiger partial charge in [0.05, 0.1) is 26.1 Å². The van der Waals surface area contributed by atoms with E-state index in [1.165, 1.54) is 12.8 Å². The van der Waals surface area contributed by atoms with Crippen molar-refractivity contribution in [3.8, 4) is 5.75 Å². The molecule has 3 heterocycles. The molecule has 1 aliphatic rings. The van der Waals surface area contributed by atoms with E-state index in [9.17, 15) is 4.79 Å². The third-order valence-electron chi connectivity index (χ3n) is 4.94. The minimum absolute atomic E-state index is 0.0394. The first-order chi connectivity index (χ1) is 13.6. The van der Waals surface area contributed by atoms with Crippen LogP contribution < -0.4 is 10.1 Å². The average molecular weight is 413 g/mol. The lowest BCUT2D eigenvalue weighted by Gasteiger charge is -2.11. The van der Waals surface area contributed by atoms with Crippen molar-refractivity contribution < 1.29 is 9.53 Å². The maximum Gasteiger partial charge on any atom is 0.263 e. The monoisotopic (exact) mass is 412 g/mol. The Morgan fingerprint density at radius 1 is 1.39 bits per heavy atom. The molecule has 8 heteroatoms. The smallest absolute Gasteiger partial charge is 0.263 e. The van der Waals surface area contributed by atoms with Crippen molar-refractivity contribution in [2.45, 2.75) is 33.2 Å². The Balaban J connectivity index is 1.34. The summed E-state index contributed by atoms with van der Waals surface area (Å²) < 4.78 is 10.0. The fourth-order valence-electron chi connectivity index (χ4n) is 3.34. The average Bonchev–Trinajstić information content (AvgIpc) is 3.05. The van der Waals surface area contributed by atoms with Gasteiger partial charge in [-0.15, -0.1) is 22.7 Å². The van der Waals surface area contributed by atoms with Crippen LogP contribution in [0.2, 0.25) is 0 Å². The van der Waals surface area contributed by atoms with Crippen molar-refractivity contribution in [3.63, 3.8) is 0 Å². The van der Waals surface area contributed by atoms with Crippen molar-refractivity contribution in [3.05, 3.63) is 34.3 Å². The van der Waals surface area contributed by atoms with E-state index in [1.54, 1.807) is 28.9 Å². The number of carbonyl (C=O) groups is 1. The van der Waals surface area contributed by atoms with E-state index in [2.05, 4.69) is 15.4 Å². The molecule has 1 aromatic carbocycles. The van der Waals surface area contributed by atoms with Crippen LogP contribution in [0.4, 0.5) is 5.82 Å². The zero-order valence-corrected chi connectivity index (χ0v) is 17.3. The first-order valence-electron chi connectivity index (χ1n) is 9.31. The fourth-order valence-corrected chi connectivity index (χ4v) is 5.18. The van der Waals surface area contributed by atoms with Crippen molar-refractivity contribution in [2.75, 3.05) is 11.9 Å². The number of hydrogen-bond donors (Lipinski definition) is 1. The Hall–Kier alpha value is -2.45. The highest BCUT2D eigenvalue weighted by Crippen LogP contribution is 2.39. The number of amides is 1. The Morgan fingerprint density at radius 2 is 2.25 bits per heavy atom. The van der Waals surface area contributed by atoms with E-state index >= 15 is 0 Å². The van der Waals surface area contributed by atoms with E-state index in [4.69, 9.17) is 4.74 Å². The quantitative estimate of drug-likeness (QED) is 0.496. The molecule has 6 nitrogen and oxygen atoms in total. The highest BCUT2D eigenvalue weighted by molar-refractivity contribution is 7.21. The summed E-state index contributed by atoms with van der Waals surface area (Å²) in [7, 11) is 0. The molecule has 0 bridgehead atoms. The van der Waals surface area contributed by atoms with Gasteiger partial charge in [0.25, 0.3) is 5.91 Å². The van der Waals surface area contributed by atoms with Crippen LogP contribution in [-0.4, -0.2) is 27.3 Å². The van der Waals surface area contributed by atoms with Gasteiger partial charge < -0.3 is 10.1 Å². The van der Waals surface area contributed by atoms with Gasteiger partial charge in [-0.1, -0.05) is 0 Å². The van der Waals surface area contributed by atoms with Gasteiger partial charge in [-0.25, -0.2) is 9.67 Å². The minimum Gasteiger partial charge on any atom is -0.483 e. The van der Waals surface area contributed by atoms with Crippen LogP contribution >= 0.6 is 22.7 Å². The molecule has 1 N–H and O–H groups in total. The molecule has 0 atom stereocenters. The summed E-state index contributed by atoms with van der Waals surface area (Å²) in [5.41, 5.74) is 1.99. The van der Waals surface area contributed by atoms with Gasteiger partial charge in [-0.05, 0) is 44.1 Å². The molecule has 4 aromatic rings. The molecule has 1 fully saturated rings. The summed E-state index contributed by atoms with van der Waals surface area (Å²) in [5, 5.41) is 11.4. The lowest BCUT2D eigenvalue weighted by molar-refractivity contribution is -0.118. The summed E-state index contributed by atoms with van der Waals surface area (Å²) in [6, 6.07) is 4.02. The lowest BCUT2D eigenvalue weighted by Crippen LogP contribution is -2.23. The van der Waals surface area contributed by atoms with Gasteiger partial charge >= 0.3 is 0 Å². The zero-order valence-electron chi connectivity index (χ0n) is 15.7. The van der Waals surface area contributed by atoms with Gasteiger partial charge in [-0.2, -0.15) is 5.10 Å². The number of thiazole rings is 1. The number of benzene rings is 1. The topological polar surface area (TPSA) is 69.0 Å². The molecule has 3 aromatic heterocycles. The van der Waals surface area contributed by atoms with Crippen LogP contribution in [0.15, 0.2) is 23.7 Å². The predicted molar refractivity (Wildman–Crippen MR) is 114 cm³/mol. The molecule has 0 saturated heterocycles. The number of aromatic nitrogens is 3. The molecule has 144 valence electrons. The molecule has 0 aliphatic heterocycles. The van der Waals surface area contributed by atoms with Gasteiger partial charge in [-0.3, -0.25) is 4.79 Å². The molecule has 1 aliphatic carbocycles. The highest BCUT2D eigenvalue weighted by atomic mass is 32.1. The molecule has 0 spiro atoms. The summed E-state index contributed by atoms with van der Waals surface area (Å²) in [6.45, 7) is 4.79. The van der Waals surface area contributed by atoms with Gasteiger partial charge in [0.15, 0.2) is 6.61 Å². The van der Waals surface area contributed by atoms with Crippen LogP contribution in [0, 0.1) is 19.8 Å². The van der Waals surface area contributed by atoms with E-state index in [1.807, 2.05) is 36.0 Å². The lowest BCUT2D eigenvalue weighted by atomic mass is 10.2. The Kier molecular flexibility index (Phi) is 4.32. The Morgan fingerprint density at radius 3 is 3.07 bits per heavy atom.